The van der Waals surface area contributed by atoms with Crippen LogP contribution < -0.4 is 10.9 Å². The summed E-state index contributed by atoms with van der Waals surface area (Å²) < 4.78 is 26.2. The highest BCUT2D eigenvalue weighted by molar-refractivity contribution is 6.07. The second kappa shape index (κ2) is 5.53. The molecule has 0 atom stereocenters. The fraction of sp³-hybridized carbons (Fsp3) is 0. The van der Waals surface area contributed by atoms with Gasteiger partial charge in [-0.1, -0.05) is 0 Å². The molecule has 0 unspecified atom stereocenters. The van der Waals surface area contributed by atoms with Crippen molar-refractivity contribution in [3.63, 3.8) is 0 Å². The lowest BCUT2D eigenvalue weighted by atomic mass is 10.1. The van der Waals surface area contributed by atoms with Crippen LogP contribution in [0, 0.1) is 11.6 Å². The fourth-order valence-corrected chi connectivity index (χ4v) is 1.62. The molecule has 0 aliphatic rings. The van der Waals surface area contributed by atoms with E-state index in [1.54, 1.807) is 0 Å². The number of aromatic nitrogens is 1. The van der Waals surface area contributed by atoms with E-state index < -0.39 is 40.3 Å². The summed E-state index contributed by atoms with van der Waals surface area (Å²) in [6, 6.07) is 3.57. The van der Waals surface area contributed by atoms with Crippen LogP contribution in [0.3, 0.4) is 0 Å². The van der Waals surface area contributed by atoms with E-state index in [2.05, 4.69) is 10.3 Å². The highest BCUT2D eigenvalue weighted by Crippen LogP contribution is 2.20. The number of carbonyl (C=O) groups excluding carboxylic acids is 1. The lowest BCUT2D eigenvalue weighted by molar-refractivity contribution is 0.0697. The number of anilines is 1. The molecule has 0 spiro atoms. The van der Waals surface area contributed by atoms with Crippen LogP contribution in [-0.4, -0.2) is 22.0 Å². The van der Waals surface area contributed by atoms with Crippen molar-refractivity contribution in [2.24, 2.45) is 0 Å². The first-order chi connectivity index (χ1) is 9.90. The molecular weight excluding hydrogens is 286 g/mol. The van der Waals surface area contributed by atoms with Gasteiger partial charge in [0, 0.05) is 12.3 Å². The zero-order valence-corrected chi connectivity index (χ0v) is 10.3. The summed E-state index contributed by atoms with van der Waals surface area (Å²) in [4.78, 5) is 36.5. The fourth-order valence-electron chi connectivity index (χ4n) is 1.62. The molecule has 1 amide bonds. The molecule has 8 heteroatoms. The Morgan fingerprint density at radius 1 is 1.14 bits per heavy atom. The third-order valence-electron chi connectivity index (χ3n) is 2.60. The monoisotopic (exact) mass is 294 g/mol. The number of hydrogen-bond donors (Lipinski definition) is 3. The number of amides is 1. The second-order valence-corrected chi connectivity index (χ2v) is 3.98. The van der Waals surface area contributed by atoms with E-state index in [1.165, 1.54) is 18.3 Å². The molecule has 1 aromatic carbocycles. The van der Waals surface area contributed by atoms with Gasteiger partial charge in [-0.2, -0.15) is 0 Å². The van der Waals surface area contributed by atoms with Gasteiger partial charge in [-0.05, 0) is 18.2 Å². The summed E-state index contributed by atoms with van der Waals surface area (Å²) in [6.45, 7) is 0. The van der Waals surface area contributed by atoms with E-state index in [9.17, 15) is 23.2 Å². The number of benzene rings is 1. The van der Waals surface area contributed by atoms with Gasteiger partial charge < -0.3 is 15.4 Å². The number of aromatic carboxylic acids is 1. The Bertz CT molecular complexity index is 786. The van der Waals surface area contributed by atoms with Gasteiger partial charge in [-0.3, -0.25) is 9.59 Å². The van der Waals surface area contributed by atoms with Crippen molar-refractivity contribution in [2.45, 2.75) is 0 Å². The zero-order chi connectivity index (χ0) is 15.6. The average molecular weight is 294 g/mol. The number of rotatable bonds is 3. The predicted molar refractivity (Wildman–Crippen MR) is 68.3 cm³/mol. The van der Waals surface area contributed by atoms with Gasteiger partial charge in [0.2, 0.25) is 0 Å². The first-order valence-corrected chi connectivity index (χ1v) is 5.61. The van der Waals surface area contributed by atoms with Gasteiger partial charge in [-0.15, -0.1) is 0 Å². The molecule has 21 heavy (non-hydrogen) atoms. The van der Waals surface area contributed by atoms with E-state index in [4.69, 9.17) is 5.11 Å². The number of carbonyl (C=O) groups is 2. The molecule has 6 nitrogen and oxygen atoms in total. The molecule has 1 heterocycles. The third kappa shape index (κ3) is 2.94. The van der Waals surface area contributed by atoms with Crippen molar-refractivity contribution >= 4 is 17.6 Å². The Morgan fingerprint density at radius 3 is 2.43 bits per heavy atom. The van der Waals surface area contributed by atoms with Crippen molar-refractivity contribution in [3.05, 3.63) is 63.6 Å². The minimum Gasteiger partial charge on any atom is -0.478 e. The Labute approximate surface area is 116 Å². The number of hydrogen-bond acceptors (Lipinski definition) is 3. The normalized spacial score (nSPS) is 10.2. The van der Waals surface area contributed by atoms with Crippen molar-refractivity contribution < 1.29 is 23.5 Å². The minimum atomic E-state index is -1.55. The SMILES string of the molecule is O=C(O)c1cc(F)c(F)cc1NC(=O)c1ccc[nH]c1=O. The van der Waals surface area contributed by atoms with Crippen LogP contribution in [0.1, 0.15) is 20.7 Å². The molecule has 0 bridgehead atoms. The lowest BCUT2D eigenvalue weighted by Crippen LogP contribution is -2.23. The standard InChI is InChI=1S/C13H8F2N2O4/c14-8-4-7(13(20)21)10(5-9(8)15)17-12(19)6-2-1-3-16-11(6)18/h1-5H,(H,16,18)(H,17,19)(H,20,21). The van der Waals surface area contributed by atoms with Gasteiger partial charge in [0.05, 0.1) is 11.3 Å². The van der Waals surface area contributed by atoms with Crippen LogP contribution in [0.2, 0.25) is 0 Å². The Kier molecular flexibility index (Phi) is 3.79. The highest BCUT2D eigenvalue weighted by atomic mass is 19.2. The van der Waals surface area contributed by atoms with Gasteiger partial charge >= 0.3 is 5.97 Å². The first kappa shape index (κ1) is 14.4. The van der Waals surface area contributed by atoms with E-state index in [0.29, 0.717) is 12.1 Å². The quantitative estimate of drug-likeness (QED) is 0.800. The van der Waals surface area contributed by atoms with Crippen LogP contribution in [0.15, 0.2) is 35.3 Å². The number of halogens is 2. The third-order valence-corrected chi connectivity index (χ3v) is 2.60. The molecular formula is C13H8F2N2O4. The van der Waals surface area contributed by atoms with Crippen molar-refractivity contribution in [3.8, 4) is 0 Å². The number of carboxylic acids is 1. The highest BCUT2D eigenvalue weighted by Gasteiger charge is 2.18. The zero-order valence-electron chi connectivity index (χ0n) is 10.3. The van der Waals surface area contributed by atoms with Crippen LogP contribution in [0.5, 0.6) is 0 Å². The average Bonchev–Trinajstić information content (AvgIpc) is 2.42. The molecule has 3 N–H and O–H groups in total. The van der Waals surface area contributed by atoms with E-state index >= 15 is 0 Å². The lowest BCUT2D eigenvalue weighted by Gasteiger charge is -2.08. The van der Waals surface area contributed by atoms with Crippen molar-refractivity contribution in [2.75, 3.05) is 5.32 Å². The van der Waals surface area contributed by atoms with Gasteiger partial charge in [0.1, 0.15) is 5.56 Å². The van der Waals surface area contributed by atoms with Gasteiger partial charge in [0.25, 0.3) is 11.5 Å². The molecule has 108 valence electrons. The predicted octanol–water partition coefficient (Wildman–Crippen LogP) is 1.60. The van der Waals surface area contributed by atoms with Crippen molar-refractivity contribution in [1.29, 1.82) is 0 Å². The Balaban J connectivity index is 2.42. The first-order valence-electron chi connectivity index (χ1n) is 5.61. The van der Waals surface area contributed by atoms with Gasteiger partial charge in [-0.25, -0.2) is 13.6 Å². The molecule has 1 aromatic heterocycles. The molecule has 0 saturated heterocycles. The molecule has 2 rings (SSSR count). The smallest absolute Gasteiger partial charge is 0.337 e. The van der Waals surface area contributed by atoms with Crippen molar-refractivity contribution in [1.82, 2.24) is 4.98 Å². The minimum absolute atomic E-state index is 0.293. The summed E-state index contributed by atoms with van der Waals surface area (Å²) >= 11 is 0. The second-order valence-electron chi connectivity index (χ2n) is 3.98. The molecule has 0 aliphatic carbocycles. The summed E-state index contributed by atoms with van der Waals surface area (Å²) in [7, 11) is 0. The summed E-state index contributed by atoms with van der Waals surface area (Å²) in [5.41, 5.74) is -2.07. The van der Waals surface area contributed by atoms with Crippen LogP contribution in [0.25, 0.3) is 0 Å². The maximum absolute atomic E-state index is 13.2. The number of H-pyrrole nitrogens is 1. The maximum atomic E-state index is 13.2. The van der Waals surface area contributed by atoms with Crippen LogP contribution in [0.4, 0.5) is 14.5 Å². The summed E-state index contributed by atoms with van der Waals surface area (Å²) in [5, 5.41) is 11.0. The van der Waals surface area contributed by atoms with Crippen LogP contribution >= 0.6 is 0 Å². The topological polar surface area (TPSA) is 99.3 Å². The Morgan fingerprint density at radius 2 is 1.81 bits per heavy atom. The number of nitrogens with one attached hydrogen (secondary N) is 2. The largest absolute Gasteiger partial charge is 0.478 e. The van der Waals surface area contributed by atoms with E-state index in [0.717, 1.165) is 0 Å². The summed E-state index contributed by atoms with van der Waals surface area (Å²) in [6.07, 6.45) is 1.30. The molecule has 0 saturated carbocycles. The van der Waals surface area contributed by atoms with E-state index in [1.807, 2.05) is 0 Å². The molecule has 2 aromatic rings. The molecule has 0 fully saturated rings. The molecule has 0 aliphatic heterocycles. The summed E-state index contributed by atoms with van der Waals surface area (Å²) in [5.74, 6) is -5.17. The Hall–Kier alpha value is -3.03. The number of pyridine rings is 1. The number of carboxylic acid groups (broad SMARTS) is 1. The van der Waals surface area contributed by atoms with E-state index in [-0.39, 0.29) is 5.56 Å². The van der Waals surface area contributed by atoms with Gasteiger partial charge in [0.15, 0.2) is 11.6 Å². The maximum Gasteiger partial charge on any atom is 0.337 e. The van der Waals surface area contributed by atoms with Crippen LogP contribution in [-0.2, 0) is 0 Å². The number of aromatic amines is 1. The molecule has 0 radical (unpaired) electrons.